The fourth-order valence-corrected chi connectivity index (χ4v) is 5.06. The lowest BCUT2D eigenvalue weighted by atomic mass is 9.93. The molecule has 2 aliphatic rings. The molecule has 0 N–H and O–H groups in total. The monoisotopic (exact) mass is 359 g/mol. The minimum absolute atomic E-state index is 0.0638. The second-order valence-corrected chi connectivity index (χ2v) is 7.63. The molecule has 3 aromatic rings. The standard InChI is InChI=1S/C22H14FNOS/c23-14-7-5-6-13(12-14)22-19-20(15-8-1-2-9-16(15)21(19)25)24-17-10-3-4-11-18(17)26-22/h1-12,19,22H/t19-,22+/m0/s1. The third kappa shape index (κ3) is 2.33. The van der Waals surface area contributed by atoms with Gasteiger partial charge in [-0.25, -0.2) is 4.39 Å². The number of Topliss-reactive ketones (excluding diaryl/α,β-unsaturated/α-hetero) is 1. The Kier molecular flexibility index (Phi) is 3.54. The van der Waals surface area contributed by atoms with Gasteiger partial charge < -0.3 is 0 Å². The third-order valence-corrected chi connectivity index (χ3v) is 6.28. The summed E-state index contributed by atoms with van der Waals surface area (Å²) in [6.45, 7) is 0. The first-order valence-electron chi connectivity index (χ1n) is 8.46. The second-order valence-electron chi connectivity index (χ2n) is 6.45. The average molecular weight is 359 g/mol. The highest BCUT2D eigenvalue weighted by Crippen LogP contribution is 2.51. The molecule has 0 spiro atoms. The van der Waals surface area contributed by atoms with Gasteiger partial charge in [-0.05, 0) is 29.8 Å². The zero-order valence-electron chi connectivity index (χ0n) is 13.7. The van der Waals surface area contributed by atoms with Gasteiger partial charge in [0.15, 0.2) is 5.78 Å². The number of carbonyl (C=O) groups is 1. The summed E-state index contributed by atoms with van der Waals surface area (Å²) in [5, 5.41) is -0.215. The number of carbonyl (C=O) groups excluding carboxylic acids is 1. The van der Waals surface area contributed by atoms with Crippen LogP contribution < -0.4 is 0 Å². The maximum absolute atomic E-state index is 13.9. The van der Waals surface area contributed by atoms with Gasteiger partial charge in [0.25, 0.3) is 0 Å². The zero-order chi connectivity index (χ0) is 17.7. The SMILES string of the molecule is O=C1c2ccccc2C2=Nc3ccccc3S[C@H](c3cccc(F)c3)[C@H]12. The summed E-state index contributed by atoms with van der Waals surface area (Å²) in [5.41, 5.74) is 4.06. The predicted octanol–water partition coefficient (Wildman–Crippen LogP) is 5.61. The molecular formula is C22H14FNOS. The molecule has 26 heavy (non-hydrogen) atoms. The van der Waals surface area contributed by atoms with E-state index in [0.717, 1.165) is 27.4 Å². The van der Waals surface area contributed by atoms with Crippen molar-refractivity contribution in [3.63, 3.8) is 0 Å². The van der Waals surface area contributed by atoms with E-state index < -0.39 is 5.92 Å². The van der Waals surface area contributed by atoms with Crippen molar-refractivity contribution in [3.05, 3.63) is 95.3 Å². The summed E-state index contributed by atoms with van der Waals surface area (Å²) < 4.78 is 13.9. The fraction of sp³-hybridized carbons (Fsp3) is 0.0909. The van der Waals surface area contributed by atoms with Gasteiger partial charge in [0, 0.05) is 16.0 Å². The van der Waals surface area contributed by atoms with Crippen molar-refractivity contribution < 1.29 is 9.18 Å². The van der Waals surface area contributed by atoms with Crippen LogP contribution in [0.2, 0.25) is 0 Å². The number of ketones is 1. The lowest BCUT2D eigenvalue weighted by molar-refractivity contribution is 0.0960. The number of hydrogen-bond acceptors (Lipinski definition) is 3. The Morgan fingerprint density at radius 1 is 0.885 bits per heavy atom. The molecule has 0 saturated heterocycles. The summed E-state index contributed by atoms with van der Waals surface area (Å²) in [7, 11) is 0. The zero-order valence-corrected chi connectivity index (χ0v) is 14.5. The van der Waals surface area contributed by atoms with Gasteiger partial charge in [-0.2, -0.15) is 0 Å². The maximum atomic E-state index is 13.9. The van der Waals surface area contributed by atoms with Crippen LogP contribution in [0.3, 0.4) is 0 Å². The van der Waals surface area contributed by atoms with Crippen LogP contribution in [-0.2, 0) is 0 Å². The highest BCUT2D eigenvalue weighted by molar-refractivity contribution is 7.99. The van der Waals surface area contributed by atoms with E-state index in [0.29, 0.717) is 5.56 Å². The molecule has 0 amide bonds. The number of benzene rings is 3. The molecular weight excluding hydrogens is 345 g/mol. The summed E-state index contributed by atoms with van der Waals surface area (Å²) in [6.07, 6.45) is 0. The van der Waals surface area contributed by atoms with Gasteiger partial charge in [0.05, 0.1) is 22.6 Å². The Hall–Kier alpha value is -2.72. The van der Waals surface area contributed by atoms with Gasteiger partial charge in [0.1, 0.15) is 5.82 Å². The molecule has 1 aliphatic carbocycles. The quantitative estimate of drug-likeness (QED) is 0.565. The molecule has 1 heterocycles. The molecule has 126 valence electrons. The Balaban J connectivity index is 1.76. The lowest BCUT2D eigenvalue weighted by Crippen LogP contribution is -2.22. The normalized spacial score (nSPS) is 20.7. The van der Waals surface area contributed by atoms with E-state index in [1.165, 1.54) is 12.1 Å². The summed E-state index contributed by atoms with van der Waals surface area (Å²) >= 11 is 1.59. The minimum Gasteiger partial charge on any atom is -0.293 e. The molecule has 2 nitrogen and oxygen atoms in total. The van der Waals surface area contributed by atoms with Crippen molar-refractivity contribution in [1.29, 1.82) is 0 Å². The molecule has 0 aromatic heterocycles. The average Bonchev–Trinajstić information content (AvgIpc) is 2.83. The van der Waals surface area contributed by atoms with E-state index >= 15 is 0 Å². The molecule has 2 atom stereocenters. The Labute approximate surface area is 154 Å². The topological polar surface area (TPSA) is 29.4 Å². The van der Waals surface area contributed by atoms with Crippen LogP contribution in [0.15, 0.2) is 82.7 Å². The Bertz CT molecular complexity index is 1070. The van der Waals surface area contributed by atoms with Crippen LogP contribution in [0.5, 0.6) is 0 Å². The summed E-state index contributed by atoms with van der Waals surface area (Å²) in [5.74, 6) is -0.636. The van der Waals surface area contributed by atoms with Crippen LogP contribution >= 0.6 is 11.8 Å². The number of nitrogens with zero attached hydrogens (tertiary/aromatic N) is 1. The molecule has 0 fully saturated rings. The van der Waals surface area contributed by atoms with Crippen molar-refractivity contribution in [1.82, 2.24) is 0 Å². The van der Waals surface area contributed by atoms with Crippen molar-refractivity contribution >= 4 is 28.9 Å². The molecule has 1 aliphatic heterocycles. The number of halogens is 1. The second kappa shape index (κ2) is 5.92. The van der Waals surface area contributed by atoms with Gasteiger partial charge in [-0.15, -0.1) is 11.8 Å². The number of hydrogen-bond donors (Lipinski definition) is 0. The highest BCUT2D eigenvalue weighted by atomic mass is 32.2. The van der Waals surface area contributed by atoms with Crippen molar-refractivity contribution in [2.24, 2.45) is 10.9 Å². The van der Waals surface area contributed by atoms with Gasteiger partial charge in [0.2, 0.25) is 0 Å². The van der Waals surface area contributed by atoms with Gasteiger partial charge in [-0.1, -0.05) is 48.5 Å². The van der Waals surface area contributed by atoms with E-state index in [2.05, 4.69) is 0 Å². The van der Waals surface area contributed by atoms with E-state index in [4.69, 9.17) is 4.99 Å². The van der Waals surface area contributed by atoms with E-state index in [9.17, 15) is 9.18 Å². The largest absolute Gasteiger partial charge is 0.293 e. The first-order chi connectivity index (χ1) is 12.7. The number of fused-ring (bicyclic) bond motifs is 4. The van der Waals surface area contributed by atoms with Crippen molar-refractivity contribution in [2.75, 3.05) is 0 Å². The Morgan fingerprint density at radius 3 is 2.50 bits per heavy atom. The van der Waals surface area contributed by atoms with Crippen LogP contribution in [0.25, 0.3) is 0 Å². The number of aliphatic imine (C=N–C) groups is 1. The minimum atomic E-state index is -0.411. The number of thioether (sulfide) groups is 1. The summed E-state index contributed by atoms with van der Waals surface area (Å²) in [4.78, 5) is 19.1. The molecule has 0 saturated carbocycles. The van der Waals surface area contributed by atoms with Crippen LogP contribution in [0.1, 0.15) is 26.7 Å². The predicted molar refractivity (Wildman–Crippen MR) is 102 cm³/mol. The van der Waals surface area contributed by atoms with Gasteiger partial charge in [-0.3, -0.25) is 9.79 Å². The first kappa shape index (κ1) is 15.5. The van der Waals surface area contributed by atoms with E-state index in [1.54, 1.807) is 17.8 Å². The fourth-order valence-electron chi connectivity index (χ4n) is 3.72. The molecule has 0 unspecified atom stereocenters. The van der Waals surface area contributed by atoms with Crippen LogP contribution in [0, 0.1) is 11.7 Å². The van der Waals surface area contributed by atoms with Crippen molar-refractivity contribution in [3.8, 4) is 0 Å². The number of rotatable bonds is 1. The lowest BCUT2D eigenvalue weighted by Gasteiger charge is -2.21. The number of para-hydroxylation sites is 1. The van der Waals surface area contributed by atoms with Crippen LogP contribution in [-0.4, -0.2) is 11.5 Å². The first-order valence-corrected chi connectivity index (χ1v) is 9.34. The molecule has 4 heteroatoms. The van der Waals surface area contributed by atoms with E-state index in [-0.39, 0.29) is 16.9 Å². The highest BCUT2D eigenvalue weighted by Gasteiger charge is 2.44. The summed E-state index contributed by atoms with van der Waals surface area (Å²) in [6, 6.07) is 22.0. The molecule has 3 aromatic carbocycles. The van der Waals surface area contributed by atoms with E-state index in [1.807, 2.05) is 54.6 Å². The van der Waals surface area contributed by atoms with Crippen LogP contribution in [0.4, 0.5) is 10.1 Å². The van der Waals surface area contributed by atoms with Gasteiger partial charge >= 0.3 is 0 Å². The molecule has 5 rings (SSSR count). The van der Waals surface area contributed by atoms with Crippen molar-refractivity contribution in [2.45, 2.75) is 10.1 Å². The smallest absolute Gasteiger partial charge is 0.174 e. The maximum Gasteiger partial charge on any atom is 0.174 e. The molecule has 0 bridgehead atoms. The molecule has 0 radical (unpaired) electrons. The Morgan fingerprint density at radius 2 is 1.65 bits per heavy atom. The third-order valence-electron chi connectivity index (χ3n) is 4.89.